The zero-order chi connectivity index (χ0) is 7.68. The van der Waals surface area contributed by atoms with Crippen LogP contribution in [0.3, 0.4) is 0 Å². The predicted octanol–water partition coefficient (Wildman–Crippen LogP) is 1.74. The number of carbonyl (C=O) groups is 1. The highest BCUT2D eigenvalue weighted by molar-refractivity contribution is 5.92. The summed E-state index contributed by atoms with van der Waals surface area (Å²) in [6, 6.07) is 7.63. The van der Waals surface area contributed by atoms with E-state index in [1.807, 2.05) is 24.3 Å². The summed E-state index contributed by atoms with van der Waals surface area (Å²) in [5, 5.41) is 5.40. The van der Waals surface area contributed by atoms with E-state index in [2.05, 4.69) is 10.6 Å². The zero-order valence-electron chi connectivity index (χ0n) is 6.33. The van der Waals surface area contributed by atoms with Gasteiger partial charge in [-0.05, 0) is 11.6 Å². The molecule has 0 aliphatic carbocycles. The number of hydrogen-bond donors (Lipinski definition) is 2. The molecule has 0 bridgehead atoms. The average Bonchev–Trinajstić information content (AvgIpc) is 2.04. The molecule has 1 aromatic rings. The van der Waals surface area contributed by atoms with Gasteiger partial charge in [0.25, 0.3) is 0 Å². The third kappa shape index (κ3) is 1.51. The maximum atomic E-state index is 10.8. The summed E-state index contributed by atoms with van der Waals surface area (Å²) in [5.41, 5.74) is 2.04. The molecule has 2 N–H and O–H groups in total. The monoisotopic (exact) mass is 184 g/mol. The summed E-state index contributed by atoms with van der Waals surface area (Å²) in [5.74, 6) is 0. The van der Waals surface area contributed by atoms with E-state index in [1.165, 1.54) is 0 Å². The fraction of sp³-hybridized carbons (Fsp3) is 0.125. The third-order valence-electron chi connectivity index (χ3n) is 1.70. The van der Waals surface area contributed by atoms with Crippen LogP contribution < -0.4 is 10.6 Å². The number of benzene rings is 1. The van der Waals surface area contributed by atoms with Gasteiger partial charge in [0, 0.05) is 12.2 Å². The smallest absolute Gasteiger partial charge is 0.319 e. The summed E-state index contributed by atoms with van der Waals surface area (Å²) in [4.78, 5) is 10.8. The molecule has 1 aliphatic rings. The highest BCUT2D eigenvalue weighted by atomic mass is 35.5. The molecule has 3 nitrogen and oxygen atoms in total. The molecule has 0 fully saturated rings. The second-order valence-electron chi connectivity index (χ2n) is 2.46. The Labute approximate surface area is 76.6 Å². The first-order valence-electron chi connectivity index (χ1n) is 3.49. The Morgan fingerprint density at radius 3 is 2.83 bits per heavy atom. The topological polar surface area (TPSA) is 41.1 Å². The van der Waals surface area contributed by atoms with E-state index in [9.17, 15) is 4.79 Å². The van der Waals surface area contributed by atoms with Crippen LogP contribution in [0.5, 0.6) is 0 Å². The number of rotatable bonds is 0. The number of fused-ring (bicyclic) bond motifs is 1. The molecular weight excluding hydrogens is 176 g/mol. The first-order valence-corrected chi connectivity index (χ1v) is 3.49. The molecule has 0 unspecified atom stereocenters. The summed E-state index contributed by atoms with van der Waals surface area (Å²) < 4.78 is 0. The highest BCUT2D eigenvalue weighted by Crippen LogP contribution is 2.16. The first kappa shape index (κ1) is 8.87. The standard InChI is InChI=1S/C8H8N2O.ClH/c11-8-9-5-6-3-1-2-4-7(6)10-8;/h1-4H,5H2,(H2,9,10,11);1H. The van der Waals surface area contributed by atoms with Crippen LogP contribution in [-0.2, 0) is 6.54 Å². The number of amides is 2. The molecular formula is C8H9ClN2O. The normalized spacial score (nSPS) is 13.5. The van der Waals surface area contributed by atoms with Crippen LogP contribution >= 0.6 is 12.4 Å². The maximum Gasteiger partial charge on any atom is 0.319 e. The number of halogens is 1. The lowest BCUT2D eigenvalue weighted by Crippen LogP contribution is -2.33. The molecule has 4 heteroatoms. The highest BCUT2D eigenvalue weighted by Gasteiger charge is 2.11. The van der Waals surface area contributed by atoms with Gasteiger partial charge in [-0.15, -0.1) is 12.4 Å². The van der Waals surface area contributed by atoms with Gasteiger partial charge in [0.1, 0.15) is 0 Å². The van der Waals surface area contributed by atoms with Gasteiger partial charge >= 0.3 is 6.03 Å². The predicted molar refractivity (Wildman–Crippen MR) is 49.5 cm³/mol. The van der Waals surface area contributed by atoms with Crippen molar-refractivity contribution >= 4 is 24.1 Å². The fourth-order valence-corrected chi connectivity index (χ4v) is 1.14. The zero-order valence-corrected chi connectivity index (χ0v) is 7.15. The van der Waals surface area contributed by atoms with Crippen LogP contribution in [0, 0.1) is 0 Å². The number of anilines is 1. The molecule has 0 radical (unpaired) electrons. The molecule has 1 heterocycles. The first-order chi connectivity index (χ1) is 5.36. The SMILES string of the molecule is Cl.O=C1NCc2ccccc2N1. The van der Waals surface area contributed by atoms with Gasteiger partial charge in [0.15, 0.2) is 0 Å². The van der Waals surface area contributed by atoms with Gasteiger partial charge in [0.2, 0.25) is 0 Å². The Hall–Kier alpha value is -1.22. The van der Waals surface area contributed by atoms with Gasteiger partial charge in [0.05, 0.1) is 0 Å². The molecule has 0 saturated carbocycles. The molecule has 0 spiro atoms. The molecule has 2 rings (SSSR count). The quantitative estimate of drug-likeness (QED) is 0.634. The summed E-state index contributed by atoms with van der Waals surface area (Å²) in [6.45, 7) is 0.627. The minimum atomic E-state index is -0.122. The Morgan fingerprint density at radius 2 is 2.00 bits per heavy atom. The number of urea groups is 1. The molecule has 1 aromatic carbocycles. The molecule has 64 valence electrons. The van der Waals surface area contributed by atoms with Crippen molar-refractivity contribution < 1.29 is 4.79 Å². The maximum absolute atomic E-state index is 10.8. The molecule has 0 atom stereocenters. The lowest BCUT2D eigenvalue weighted by atomic mass is 10.1. The summed E-state index contributed by atoms with van der Waals surface area (Å²) in [7, 11) is 0. The number of hydrogen-bond acceptors (Lipinski definition) is 1. The van der Waals surface area contributed by atoms with Gasteiger partial charge in [-0.3, -0.25) is 0 Å². The van der Waals surface area contributed by atoms with Gasteiger partial charge in [-0.25, -0.2) is 4.79 Å². The average molecular weight is 185 g/mol. The number of carbonyl (C=O) groups excluding carboxylic acids is 1. The van der Waals surface area contributed by atoms with Crippen molar-refractivity contribution in [3.05, 3.63) is 29.8 Å². The third-order valence-corrected chi connectivity index (χ3v) is 1.70. The lowest BCUT2D eigenvalue weighted by Gasteiger charge is -2.17. The van der Waals surface area contributed by atoms with Crippen LogP contribution in [0.25, 0.3) is 0 Å². The molecule has 1 aliphatic heterocycles. The van der Waals surface area contributed by atoms with Crippen molar-refractivity contribution in [2.24, 2.45) is 0 Å². The van der Waals surface area contributed by atoms with E-state index in [4.69, 9.17) is 0 Å². The van der Waals surface area contributed by atoms with E-state index >= 15 is 0 Å². The van der Waals surface area contributed by atoms with Crippen LogP contribution in [0.4, 0.5) is 10.5 Å². The summed E-state index contributed by atoms with van der Waals surface area (Å²) in [6.07, 6.45) is 0. The van der Waals surface area contributed by atoms with Crippen molar-refractivity contribution in [3.8, 4) is 0 Å². The summed E-state index contributed by atoms with van der Waals surface area (Å²) >= 11 is 0. The van der Waals surface area contributed by atoms with Gasteiger partial charge < -0.3 is 10.6 Å². The lowest BCUT2D eigenvalue weighted by molar-refractivity contribution is 0.251. The van der Waals surface area contributed by atoms with E-state index in [-0.39, 0.29) is 18.4 Å². The van der Waals surface area contributed by atoms with Crippen molar-refractivity contribution in [1.29, 1.82) is 0 Å². The largest absolute Gasteiger partial charge is 0.334 e. The Kier molecular flexibility index (Phi) is 2.55. The second kappa shape index (κ2) is 3.45. The van der Waals surface area contributed by atoms with E-state index in [1.54, 1.807) is 0 Å². The molecule has 12 heavy (non-hydrogen) atoms. The van der Waals surface area contributed by atoms with Crippen molar-refractivity contribution in [2.75, 3.05) is 5.32 Å². The minimum absolute atomic E-state index is 0. The van der Waals surface area contributed by atoms with Crippen molar-refractivity contribution in [2.45, 2.75) is 6.54 Å². The Balaban J connectivity index is 0.000000720. The van der Waals surface area contributed by atoms with Crippen molar-refractivity contribution in [3.63, 3.8) is 0 Å². The Morgan fingerprint density at radius 1 is 1.25 bits per heavy atom. The number of para-hydroxylation sites is 1. The molecule has 2 amide bonds. The second-order valence-corrected chi connectivity index (χ2v) is 2.46. The number of nitrogens with one attached hydrogen (secondary N) is 2. The van der Waals surface area contributed by atoms with E-state index in [0.717, 1.165) is 11.3 Å². The van der Waals surface area contributed by atoms with Crippen LogP contribution in [0.15, 0.2) is 24.3 Å². The van der Waals surface area contributed by atoms with Crippen LogP contribution in [0.2, 0.25) is 0 Å². The molecule has 0 aromatic heterocycles. The fourth-order valence-electron chi connectivity index (χ4n) is 1.14. The van der Waals surface area contributed by atoms with E-state index < -0.39 is 0 Å². The van der Waals surface area contributed by atoms with Gasteiger partial charge in [-0.1, -0.05) is 18.2 Å². The van der Waals surface area contributed by atoms with Gasteiger partial charge in [-0.2, -0.15) is 0 Å². The minimum Gasteiger partial charge on any atom is -0.334 e. The Bertz CT molecular complexity index is 301. The van der Waals surface area contributed by atoms with Crippen molar-refractivity contribution in [1.82, 2.24) is 5.32 Å². The van der Waals surface area contributed by atoms with Crippen LogP contribution in [0.1, 0.15) is 5.56 Å². The molecule has 0 saturated heterocycles. The van der Waals surface area contributed by atoms with E-state index in [0.29, 0.717) is 6.54 Å². The van der Waals surface area contributed by atoms with Crippen LogP contribution in [-0.4, -0.2) is 6.03 Å².